The van der Waals surface area contributed by atoms with Crippen LogP contribution >= 0.6 is 0 Å². The number of hydrogen-bond donors (Lipinski definition) is 0. The Morgan fingerprint density at radius 1 is 1.10 bits per heavy atom. The van der Waals surface area contributed by atoms with Crippen LogP contribution < -0.4 is 4.74 Å². The van der Waals surface area contributed by atoms with Gasteiger partial charge in [0.15, 0.2) is 6.10 Å². The minimum Gasteiger partial charge on any atom is -0.490 e. The minimum atomic E-state index is -0.325. The molecule has 2 aliphatic rings. The average molecular weight is 428 g/mol. The van der Waals surface area contributed by atoms with Gasteiger partial charge in [0.05, 0.1) is 13.1 Å². The van der Waals surface area contributed by atoms with Crippen molar-refractivity contribution in [3.8, 4) is 5.75 Å². The number of piperidine rings is 1. The molecule has 2 aromatic rings. The summed E-state index contributed by atoms with van der Waals surface area (Å²) in [7, 11) is 0. The summed E-state index contributed by atoms with van der Waals surface area (Å²) < 4.78 is 22.0. The molecule has 1 aromatic carbocycles. The molecule has 31 heavy (non-hydrogen) atoms. The van der Waals surface area contributed by atoms with Crippen molar-refractivity contribution in [2.45, 2.75) is 45.1 Å². The topological polar surface area (TPSA) is 81.5 Å². The Kier molecular flexibility index (Phi) is 6.76. The van der Waals surface area contributed by atoms with E-state index in [1.165, 1.54) is 6.92 Å². The molecule has 166 valence electrons. The lowest BCUT2D eigenvalue weighted by Crippen LogP contribution is -2.45. The van der Waals surface area contributed by atoms with E-state index in [9.17, 15) is 9.59 Å². The second-order valence-electron chi connectivity index (χ2n) is 7.94. The Bertz CT molecular complexity index is 875. The first-order valence-electron chi connectivity index (χ1n) is 10.7. The highest BCUT2D eigenvalue weighted by molar-refractivity contribution is 5.70. The van der Waals surface area contributed by atoms with Gasteiger partial charge in [0, 0.05) is 26.1 Å². The van der Waals surface area contributed by atoms with Gasteiger partial charge in [-0.3, -0.25) is 9.69 Å². The first kappa shape index (κ1) is 21.2. The van der Waals surface area contributed by atoms with E-state index in [-0.39, 0.29) is 30.8 Å². The number of ether oxygens (including phenoxy) is 3. The molecular weight excluding hydrogens is 400 g/mol. The van der Waals surface area contributed by atoms with Crippen molar-refractivity contribution in [2.75, 3.05) is 26.2 Å². The maximum atomic E-state index is 12.4. The third-order valence-electron chi connectivity index (χ3n) is 5.59. The van der Waals surface area contributed by atoms with Gasteiger partial charge in [-0.15, -0.1) is 0 Å². The standard InChI is InChI=1S/C23H28N2O6/c1-17(26)28-15-21-8-7-20(30-21)13-24-11-9-18(10-12-24)25-14-22(31-23(25)27)16-29-19-5-3-2-4-6-19/h2-8,18,22H,9-16H2,1H3. The zero-order valence-electron chi connectivity index (χ0n) is 17.7. The number of carbonyl (C=O) groups is 2. The van der Waals surface area contributed by atoms with Crippen LogP contribution in [-0.4, -0.2) is 60.2 Å². The van der Waals surface area contributed by atoms with Crippen LogP contribution in [-0.2, 0) is 27.4 Å². The maximum Gasteiger partial charge on any atom is 0.410 e. The normalized spacial score (nSPS) is 20.0. The molecule has 8 nitrogen and oxygen atoms in total. The Balaban J connectivity index is 1.20. The summed E-state index contributed by atoms with van der Waals surface area (Å²) in [5, 5.41) is 0. The van der Waals surface area contributed by atoms with Crippen LogP contribution in [0.25, 0.3) is 0 Å². The molecule has 0 spiro atoms. The molecule has 8 heteroatoms. The van der Waals surface area contributed by atoms with Crippen molar-refractivity contribution < 1.29 is 28.2 Å². The number of amides is 1. The van der Waals surface area contributed by atoms with Gasteiger partial charge in [0.2, 0.25) is 0 Å². The van der Waals surface area contributed by atoms with Crippen molar-refractivity contribution in [3.63, 3.8) is 0 Å². The molecule has 1 unspecified atom stereocenters. The van der Waals surface area contributed by atoms with Gasteiger partial charge in [0.25, 0.3) is 0 Å². The number of rotatable bonds is 8. The number of nitrogens with zero attached hydrogens (tertiary/aromatic N) is 2. The number of hydrogen-bond acceptors (Lipinski definition) is 7. The predicted octanol–water partition coefficient (Wildman–Crippen LogP) is 3.21. The number of benzene rings is 1. The molecule has 1 aromatic heterocycles. The number of likely N-dealkylation sites (tertiary alicyclic amines) is 1. The van der Waals surface area contributed by atoms with E-state index in [0.29, 0.717) is 25.5 Å². The highest BCUT2D eigenvalue weighted by atomic mass is 16.6. The van der Waals surface area contributed by atoms with Gasteiger partial charge >= 0.3 is 12.1 Å². The van der Waals surface area contributed by atoms with Gasteiger partial charge in [-0.1, -0.05) is 18.2 Å². The molecule has 2 fully saturated rings. The van der Waals surface area contributed by atoms with E-state index in [4.69, 9.17) is 18.6 Å². The quantitative estimate of drug-likeness (QED) is 0.597. The second-order valence-corrected chi connectivity index (χ2v) is 7.94. The van der Waals surface area contributed by atoms with Gasteiger partial charge in [-0.2, -0.15) is 0 Å². The van der Waals surface area contributed by atoms with Crippen molar-refractivity contribution in [2.24, 2.45) is 0 Å². The van der Waals surface area contributed by atoms with Gasteiger partial charge in [0.1, 0.15) is 30.5 Å². The molecule has 0 radical (unpaired) electrons. The van der Waals surface area contributed by atoms with Gasteiger partial charge < -0.3 is 23.5 Å². The predicted molar refractivity (Wildman–Crippen MR) is 111 cm³/mol. The van der Waals surface area contributed by atoms with Crippen LogP contribution in [0.3, 0.4) is 0 Å². The van der Waals surface area contributed by atoms with E-state index >= 15 is 0 Å². The van der Waals surface area contributed by atoms with Crippen LogP contribution in [0, 0.1) is 0 Å². The highest BCUT2D eigenvalue weighted by Crippen LogP contribution is 2.24. The summed E-state index contributed by atoms with van der Waals surface area (Å²) in [5.74, 6) is 1.94. The average Bonchev–Trinajstić information content (AvgIpc) is 3.38. The summed E-state index contributed by atoms with van der Waals surface area (Å²) in [4.78, 5) is 27.4. The lowest BCUT2D eigenvalue weighted by molar-refractivity contribution is -0.142. The Morgan fingerprint density at radius 3 is 2.58 bits per heavy atom. The van der Waals surface area contributed by atoms with Gasteiger partial charge in [-0.05, 0) is 37.1 Å². The Morgan fingerprint density at radius 2 is 1.84 bits per heavy atom. The fourth-order valence-electron chi connectivity index (χ4n) is 4.00. The zero-order valence-corrected chi connectivity index (χ0v) is 17.7. The molecular formula is C23H28N2O6. The smallest absolute Gasteiger partial charge is 0.410 e. The number of esters is 1. The van der Waals surface area contributed by atoms with Crippen LogP contribution in [0.5, 0.6) is 5.75 Å². The highest BCUT2D eigenvalue weighted by Gasteiger charge is 2.37. The van der Waals surface area contributed by atoms with Crippen molar-refractivity contribution in [1.29, 1.82) is 0 Å². The molecule has 2 aliphatic heterocycles. The minimum absolute atomic E-state index is 0.156. The van der Waals surface area contributed by atoms with Crippen LogP contribution in [0.2, 0.25) is 0 Å². The summed E-state index contributed by atoms with van der Waals surface area (Å²) in [6.45, 7) is 4.91. The third kappa shape index (κ3) is 5.79. The fraction of sp³-hybridized carbons (Fsp3) is 0.478. The third-order valence-corrected chi connectivity index (χ3v) is 5.59. The molecule has 0 saturated carbocycles. The molecule has 1 atom stereocenters. The Hall–Kier alpha value is -3.00. The Labute approximate surface area is 181 Å². The van der Waals surface area contributed by atoms with Crippen molar-refractivity contribution in [1.82, 2.24) is 9.80 Å². The summed E-state index contributed by atoms with van der Waals surface area (Å²) >= 11 is 0. The second kappa shape index (κ2) is 9.87. The molecule has 0 N–H and O–H groups in total. The van der Waals surface area contributed by atoms with Crippen molar-refractivity contribution in [3.05, 3.63) is 54.0 Å². The number of para-hydroxylation sites is 1. The molecule has 0 aliphatic carbocycles. The first-order valence-corrected chi connectivity index (χ1v) is 10.7. The van der Waals surface area contributed by atoms with Crippen LogP contribution in [0.1, 0.15) is 31.3 Å². The molecule has 4 rings (SSSR count). The summed E-state index contributed by atoms with van der Waals surface area (Å²) in [6.07, 6.45) is 1.29. The monoisotopic (exact) mass is 428 g/mol. The number of furan rings is 1. The SMILES string of the molecule is CC(=O)OCc1ccc(CN2CCC(N3CC(COc4ccccc4)OC3=O)CC2)o1. The lowest BCUT2D eigenvalue weighted by Gasteiger charge is -2.35. The van der Waals surface area contributed by atoms with E-state index in [0.717, 1.165) is 37.4 Å². The molecule has 0 bridgehead atoms. The molecule has 1 amide bonds. The lowest BCUT2D eigenvalue weighted by atomic mass is 10.0. The van der Waals surface area contributed by atoms with Crippen LogP contribution in [0.15, 0.2) is 46.9 Å². The molecule has 2 saturated heterocycles. The van der Waals surface area contributed by atoms with E-state index in [2.05, 4.69) is 4.90 Å². The summed E-state index contributed by atoms with van der Waals surface area (Å²) in [6, 6.07) is 13.5. The number of cyclic esters (lactones) is 1. The zero-order chi connectivity index (χ0) is 21.6. The van der Waals surface area contributed by atoms with Gasteiger partial charge in [-0.25, -0.2) is 4.79 Å². The summed E-state index contributed by atoms with van der Waals surface area (Å²) in [5.41, 5.74) is 0. The van der Waals surface area contributed by atoms with E-state index in [1.807, 2.05) is 47.4 Å². The maximum absolute atomic E-state index is 12.4. The van der Waals surface area contributed by atoms with E-state index in [1.54, 1.807) is 0 Å². The first-order chi connectivity index (χ1) is 15.1. The largest absolute Gasteiger partial charge is 0.490 e. The van der Waals surface area contributed by atoms with Crippen molar-refractivity contribution >= 4 is 12.1 Å². The van der Waals surface area contributed by atoms with Crippen LogP contribution in [0.4, 0.5) is 4.79 Å². The fourth-order valence-corrected chi connectivity index (χ4v) is 4.00. The van der Waals surface area contributed by atoms with E-state index < -0.39 is 0 Å². The number of carbonyl (C=O) groups excluding carboxylic acids is 2. The molecule has 3 heterocycles.